The molecule has 0 radical (unpaired) electrons. The van der Waals surface area contributed by atoms with Crippen molar-refractivity contribution in [1.82, 2.24) is 0 Å². The molecule has 0 aromatic heterocycles. The molecule has 0 saturated heterocycles. The molecule has 24 heavy (non-hydrogen) atoms. The third-order valence-corrected chi connectivity index (χ3v) is 4.01. The van der Waals surface area contributed by atoms with E-state index in [0.29, 0.717) is 15.8 Å². The number of rotatable bonds is 5. The lowest BCUT2D eigenvalue weighted by Crippen LogP contribution is -2.21. The van der Waals surface area contributed by atoms with Gasteiger partial charge in [0.1, 0.15) is 11.3 Å². The Balaban J connectivity index is 2.01. The van der Waals surface area contributed by atoms with Crippen molar-refractivity contribution in [3.05, 3.63) is 57.6 Å². The Bertz CT molecular complexity index is 777. The number of nitrogens with one attached hydrogen (secondary N) is 1. The minimum atomic E-state index is -0.663. The smallest absolute Gasteiger partial charge is 0.342 e. The van der Waals surface area contributed by atoms with Crippen molar-refractivity contribution in [2.45, 2.75) is 6.92 Å². The second-order valence-electron chi connectivity index (χ2n) is 4.88. The summed E-state index contributed by atoms with van der Waals surface area (Å²) >= 11 is 12.1. The molecule has 0 bridgehead atoms. The number of esters is 1. The van der Waals surface area contributed by atoms with Crippen LogP contribution < -0.4 is 10.1 Å². The van der Waals surface area contributed by atoms with Crippen LogP contribution in [0.15, 0.2) is 36.4 Å². The highest BCUT2D eigenvalue weighted by Gasteiger charge is 2.16. The van der Waals surface area contributed by atoms with Crippen molar-refractivity contribution in [3.8, 4) is 5.75 Å². The molecule has 0 aliphatic heterocycles. The first-order chi connectivity index (χ1) is 11.4. The molecular formula is C17H15Cl2NO4. The van der Waals surface area contributed by atoms with E-state index < -0.39 is 18.5 Å². The first kappa shape index (κ1) is 18.1. The lowest BCUT2D eigenvalue weighted by atomic mass is 10.2. The fraction of sp³-hybridized carbons (Fsp3) is 0.176. The third kappa shape index (κ3) is 4.19. The second-order valence-corrected chi connectivity index (χ2v) is 5.66. The Hall–Kier alpha value is -2.24. The van der Waals surface area contributed by atoms with Crippen molar-refractivity contribution in [2.75, 3.05) is 19.0 Å². The average Bonchev–Trinajstić information content (AvgIpc) is 2.59. The summed E-state index contributed by atoms with van der Waals surface area (Å²) in [5.74, 6) is -0.843. The Morgan fingerprint density at radius 3 is 2.54 bits per heavy atom. The van der Waals surface area contributed by atoms with Crippen LogP contribution in [0.3, 0.4) is 0 Å². The Labute approximate surface area is 149 Å². The van der Waals surface area contributed by atoms with Gasteiger partial charge in [-0.15, -0.1) is 0 Å². The molecule has 0 unspecified atom stereocenters. The number of amides is 1. The maximum absolute atomic E-state index is 12.0. The van der Waals surface area contributed by atoms with Crippen molar-refractivity contribution in [2.24, 2.45) is 0 Å². The van der Waals surface area contributed by atoms with E-state index in [4.69, 9.17) is 32.7 Å². The number of aryl methyl sites for hydroxylation is 1. The lowest BCUT2D eigenvalue weighted by molar-refractivity contribution is -0.119. The lowest BCUT2D eigenvalue weighted by Gasteiger charge is -2.12. The topological polar surface area (TPSA) is 64.6 Å². The van der Waals surface area contributed by atoms with Gasteiger partial charge in [0.05, 0.1) is 22.8 Å². The van der Waals surface area contributed by atoms with Gasteiger partial charge in [0.15, 0.2) is 6.61 Å². The highest BCUT2D eigenvalue weighted by molar-refractivity contribution is 6.40. The van der Waals surface area contributed by atoms with Crippen LogP contribution >= 0.6 is 23.2 Å². The Morgan fingerprint density at radius 2 is 1.83 bits per heavy atom. The van der Waals surface area contributed by atoms with Gasteiger partial charge in [-0.05, 0) is 30.7 Å². The molecule has 0 fully saturated rings. The number of para-hydroxylation sites is 1. The molecule has 0 spiro atoms. The number of halogens is 2. The molecule has 0 saturated carbocycles. The predicted molar refractivity (Wildman–Crippen MR) is 93.1 cm³/mol. The third-order valence-electron chi connectivity index (χ3n) is 3.21. The molecule has 0 aliphatic rings. The van der Waals surface area contributed by atoms with E-state index in [-0.39, 0.29) is 11.3 Å². The molecule has 1 N–H and O–H groups in total. The summed E-state index contributed by atoms with van der Waals surface area (Å²) in [5.41, 5.74) is 1.29. The van der Waals surface area contributed by atoms with Crippen LogP contribution in [0.5, 0.6) is 5.75 Å². The predicted octanol–water partition coefficient (Wildman–Crippen LogP) is 4.11. The van der Waals surface area contributed by atoms with Crippen LogP contribution in [0.2, 0.25) is 10.0 Å². The van der Waals surface area contributed by atoms with Gasteiger partial charge >= 0.3 is 5.97 Å². The summed E-state index contributed by atoms with van der Waals surface area (Å²) in [4.78, 5) is 24.0. The molecule has 1 amide bonds. The molecule has 2 rings (SSSR count). The summed E-state index contributed by atoms with van der Waals surface area (Å²) in [6, 6.07) is 9.94. The van der Waals surface area contributed by atoms with E-state index in [1.165, 1.54) is 7.11 Å². The number of hydrogen-bond acceptors (Lipinski definition) is 4. The Kier molecular flexibility index (Phi) is 6.06. The maximum atomic E-state index is 12.0. The van der Waals surface area contributed by atoms with Gasteiger partial charge in [-0.2, -0.15) is 0 Å². The molecule has 2 aromatic carbocycles. The largest absolute Gasteiger partial charge is 0.496 e. The van der Waals surface area contributed by atoms with Crippen molar-refractivity contribution < 1.29 is 19.1 Å². The summed E-state index contributed by atoms with van der Waals surface area (Å²) < 4.78 is 10.1. The van der Waals surface area contributed by atoms with Crippen molar-refractivity contribution in [1.29, 1.82) is 0 Å². The number of benzene rings is 2. The first-order valence-corrected chi connectivity index (χ1v) is 7.74. The standard InChI is InChI=1S/C17H15Cl2NO4/c1-10-7-8-12(18)16(15(10)19)20-14(21)9-24-17(22)11-5-3-4-6-13(11)23-2/h3-8H,9H2,1-2H3,(H,20,21). The van der Waals surface area contributed by atoms with Gasteiger partial charge in [-0.25, -0.2) is 4.79 Å². The van der Waals surface area contributed by atoms with Gasteiger partial charge in [-0.3, -0.25) is 4.79 Å². The van der Waals surface area contributed by atoms with Crippen LogP contribution in [0.25, 0.3) is 0 Å². The average molecular weight is 368 g/mol. The fourth-order valence-corrected chi connectivity index (χ4v) is 2.43. The van der Waals surface area contributed by atoms with E-state index in [9.17, 15) is 9.59 Å². The minimum absolute atomic E-state index is 0.236. The van der Waals surface area contributed by atoms with Crippen LogP contribution in [-0.2, 0) is 9.53 Å². The van der Waals surface area contributed by atoms with E-state index in [2.05, 4.69) is 5.32 Å². The maximum Gasteiger partial charge on any atom is 0.342 e. The summed E-state index contributed by atoms with van der Waals surface area (Å²) in [7, 11) is 1.44. The van der Waals surface area contributed by atoms with E-state index in [1.807, 2.05) is 0 Å². The van der Waals surface area contributed by atoms with Gasteiger partial charge in [0.25, 0.3) is 5.91 Å². The van der Waals surface area contributed by atoms with Gasteiger partial charge in [-0.1, -0.05) is 41.4 Å². The van der Waals surface area contributed by atoms with Gasteiger partial charge in [0, 0.05) is 0 Å². The number of carbonyl (C=O) groups is 2. The normalized spacial score (nSPS) is 10.2. The molecular weight excluding hydrogens is 353 g/mol. The Morgan fingerprint density at radius 1 is 1.12 bits per heavy atom. The molecule has 0 heterocycles. The number of anilines is 1. The SMILES string of the molecule is COc1ccccc1C(=O)OCC(=O)Nc1c(Cl)ccc(C)c1Cl. The highest BCUT2D eigenvalue weighted by atomic mass is 35.5. The summed E-state index contributed by atoms with van der Waals surface area (Å²) in [6.07, 6.45) is 0. The van der Waals surface area contributed by atoms with Crippen molar-refractivity contribution in [3.63, 3.8) is 0 Å². The molecule has 2 aromatic rings. The summed E-state index contributed by atoms with van der Waals surface area (Å²) in [6.45, 7) is 1.31. The molecule has 7 heteroatoms. The number of methoxy groups -OCH3 is 1. The van der Waals surface area contributed by atoms with E-state index in [0.717, 1.165) is 5.56 Å². The van der Waals surface area contributed by atoms with Crippen LogP contribution in [0.1, 0.15) is 15.9 Å². The minimum Gasteiger partial charge on any atom is -0.496 e. The van der Waals surface area contributed by atoms with Gasteiger partial charge < -0.3 is 14.8 Å². The summed E-state index contributed by atoms with van der Waals surface area (Å²) in [5, 5.41) is 3.18. The zero-order valence-electron chi connectivity index (χ0n) is 13.1. The zero-order chi connectivity index (χ0) is 17.7. The highest BCUT2D eigenvalue weighted by Crippen LogP contribution is 2.32. The number of hydrogen-bond donors (Lipinski definition) is 1. The molecule has 126 valence electrons. The van der Waals surface area contributed by atoms with E-state index >= 15 is 0 Å². The van der Waals surface area contributed by atoms with E-state index in [1.54, 1.807) is 43.3 Å². The molecule has 5 nitrogen and oxygen atoms in total. The molecule has 0 aliphatic carbocycles. The van der Waals surface area contributed by atoms with Crippen LogP contribution in [0.4, 0.5) is 5.69 Å². The van der Waals surface area contributed by atoms with Gasteiger partial charge in [0.2, 0.25) is 0 Å². The first-order valence-electron chi connectivity index (χ1n) is 6.98. The number of carbonyl (C=O) groups excluding carboxylic acids is 2. The van der Waals surface area contributed by atoms with Crippen LogP contribution in [-0.4, -0.2) is 25.6 Å². The fourth-order valence-electron chi connectivity index (χ4n) is 1.97. The van der Waals surface area contributed by atoms with Crippen molar-refractivity contribution >= 4 is 40.8 Å². The monoisotopic (exact) mass is 367 g/mol. The second kappa shape index (κ2) is 8.04. The quantitative estimate of drug-likeness (QED) is 0.807. The number of ether oxygens (including phenoxy) is 2. The van der Waals surface area contributed by atoms with Crippen LogP contribution in [0, 0.1) is 6.92 Å². The molecule has 0 atom stereocenters. The zero-order valence-corrected chi connectivity index (χ0v) is 14.6.